The first-order valence-electron chi connectivity index (χ1n) is 4.42. The van der Waals surface area contributed by atoms with Crippen LogP contribution >= 0.6 is 11.3 Å². The van der Waals surface area contributed by atoms with Crippen LogP contribution in [0.25, 0.3) is 0 Å². The number of thiazole rings is 1. The molecule has 72 valence electrons. The Morgan fingerprint density at radius 1 is 1.21 bits per heavy atom. The van der Waals surface area contributed by atoms with E-state index in [1.807, 2.05) is 24.0 Å². The normalized spacial score (nSPS) is 10.3. The average molecular weight is 205 g/mol. The zero-order chi connectivity index (χ0) is 9.80. The van der Waals surface area contributed by atoms with Gasteiger partial charge in [0.05, 0.1) is 5.51 Å². The molecule has 0 fully saturated rings. The molecule has 2 aromatic heterocycles. The van der Waals surface area contributed by atoms with Gasteiger partial charge in [0.25, 0.3) is 0 Å². The quantitative estimate of drug-likeness (QED) is 0.832. The van der Waals surface area contributed by atoms with Gasteiger partial charge in [0.1, 0.15) is 0 Å². The third-order valence-electron chi connectivity index (χ3n) is 2.07. The van der Waals surface area contributed by atoms with Crippen molar-refractivity contribution in [3.63, 3.8) is 0 Å². The van der Waals surface area contributed by atoms with Crippen molar-refractivity contribution in [1.29, 1.82) is 0 Å². The Balaban J connectivity index is 2.02. The summed E-state index contributed by atoms with van der Waals surface area (Å²) < 4.78 is 0. The van der Waals surface area contributed by atoms with Crippen LogP contribution in [-0.4, -0.2) is 9.97 Å². The third-order valence-corrected chi connectivity index (χ3v) is 2.90. The van der Waals surface area contributed by atoms with Gasteiger partial charge in [-0.1, -0.05) is 0 Å². The van der Waals surface area contributed by atoms with E-state index >= 15 is 0 Å². The number of hydrogen-bond donors (Lipinski definition) is 1. The van der Waals surface area contributed by atoms with Crippen LogP contribution in [0.3, 0.4) is 0 Å². The molecule has 0 spiro atoms. The molecule has 0 saturated heterocycles. The second kappa shape index (κ2) is 4.19. The molecule has 2 heterocycles. The first kappa shape index (κ1) is 9.15. The molecule has 0 amide bonds. The summed E-state index contributed by atoms with van der Waals surface area (Å²) >= 11 is 1.68. The summed E-state index contributed by atoms with van der Waals surface area (Å²) in [6, 6.07) is 1.84. The molecule has 0 radical (unpaired) electrons. The van der Waals surface area contributed by atoms with E-state index in [1.54, 1.807) is 17.5 Å². The van der Waals surface area contributed by atoms with Gasteiger partial charge < -0.3 is 5.73 Å². The summed E-state index contributed by atoms with van der Waals surface area (Å²) in [5.41, 5.74) is 9.59. The van der Waals surface area contributed by atoms with E-state index in [9.17, 15) is 0 Å². The van der Waals surface area contributed by atoms with E-state index in [-0.39, 0.29) is 0 Å². The fourth-order valence-corrected chi connectivity index (χ4v) is 1.87. The maximum atomic E-state index is 5.81. The van der Waals surface area contributed by atoms with Gasteiger partial charge in [-0.2, -0.15) is 0 Å². The van der Waals surface area contributed by atoms with E-state index < -0.39 is 0 Å². The topological polar surface area (TPSA) is 51.8 Å². The molecule has 2 aromatic rings. The van der Waals surface area contributed by atoms with Gasteiger partial charge in [-0.3, -0.25) is 9.97 Å². The van der Waals surface area contributed by atoms with Crippen molar-refractivity contribution in [2.45, 2.75) is 12.8 Å². The van der Waals surface area contributed by atoms with Crippen LogP contribution < -0.4 is 5.73 Å². The van der Waals surface area contributed by atoms with Crippen molar-refractivity contribution < 1.29 is 0 Å². The zero-order valence-electron chi connectivity index (χ0n) is 7.68. The zero-order valence-corrected chi connectivity index (χ0v) is 8.50. The highest BCUT2D eigenvalue weighted by atomic mass is 32.1. The molecule has 3 nitrogen and oxygen atoms in total. The standard InChI is InChI=1S/C10H11N3S/c11-10-3-4-12-5-8(10)1-2-9-6-13-7-14-9/h3-7H,1-2H2,(H2,11,12). The number of hydrogen-bond acceptors (Lipinski definition) is 4. The molecule has 4 heteroatoms. The number of anilines is 1. The average Bonchev–Trinajstić information content (AvgIpc) is 2.69. The third kappa shape index (κ3) is 2.09. The van der Waals surface area contributed by atoms with E-state index in [0.29, 0.717) is 0 Å². The Morgan fingerprint density at radius 2 is 2.14 bits per heavy atom. The molecule has 0 aliphatic rings. The van der Waals surface area contributed by atoms with Crippen LogP contribution in [0, 0.1) is 0 Å². The van der Waals surface area contributed by atoms with Crippen LogP contribution in [0.4, 0.5) is 5.69 Å². The van der Waals surface area contributed by atoms with E-state index in [2.05, 4.69) is 9.97 Å². The van der Waals surface area contributed by atoms with Crippen LogP contribution in [0.2, 0.25) is 0 Å². The number of nitrogens with two attached hydrogens (primary N) is 1. The second-order valence-corrected chi connectivity index (χ2v) is 4.01. The number of aryl methyl sites for hydroxylation is 2. The number of nitrogen functional groups attached to an aromatic ring is 1. The highest BCUT2D eigenvalue weighted by Crippen LogP contribution is 2.14. The molecule has 0 aliphatic carbocycles. The summed E-state index contributed by atoms with van der Waals surface area (Å²) in [7, 11) is 0. The molecule has 2 rings (SSSR count). The molecule has 0 bridgehead atoms. The first-order valence-corrected chi connectivity index (χ1v) is 5.30. The van der Waals surface area contributed by atoms with Crippen molar-refractivity contribution in [1.82, 2.24) is 9.97 Å². The fraction of sp³-hybridized carbons (Fsp3) is 0.200. The lowest BCUT2D eigenvalue weighted by Gasteiger charge is -2.02. The van der Waals surface area contributed by atoms with E-state index in [1.165, 1.54) is 4.88 Å². The van der Waals surface area contributed by atoms with E-state index in [4.69, 9.17) is 5.73 Å². The van der Waals surface area contributed by atoms with Gasteiger partial charge in [0.2, 0.25) is 0 Å². The minimum Gasteiger partial charge on any atom is -0.398 e. The monoisotopic (exact) mass is 205 g/mol. The summed E-state index contributed by atoms with van der Waals surface area (Å²) in [6.07, 6.45) is 7.36. The predicted octanol–water partition coefficient (Wildman–Crippen LogP) is 1.91. The molecule has 0 atom stereocenters. The SMILES string of the molecule is Nc1ccncc1CCc1cncs1. The van der Waals surface area contributed by atoms with Gasteiger partial charge in [0.15, 0.2) is 0 Å². The van der Waals surface area contributed by atoms with Crippen molar-refractivity contribution in [3.05, 3.63) is 40.6 Å². The van der Waals surface area contributed by atoms with Gasteiger partial charge in [0, 0.05) is 29.2 Å². The Hall–Kier alpha value is -1.42. The molecule has 0 aliphatic heterocycles. The molecule has 0 saturated carbocycles. The Labute approximate surface area is 86.6 Å². The van der Waals surface area contributed by atoms with Crippen LogP contribution in [0.5, 0.6) is 0 Å². The first-order chi connectivity index (χ1) is 6.86. The maximum Gasteiger partial charge on any atom is 0.0794 e. The summed E-state index contributed by atoms with van der Waals surface area (Å²) in [5, 5.41) is 0. The lowest BCUT2D eigenvalue weighted by molar-refractivity contribution is 0.968. The maximum absolute atomic E-state index is 5.81. The van der Waals surface area contributed by atoms with Crippen LogP contribution in [-0.2, 0) is 12.8 Å². The summed E-state index contributed by atoms with van der Waals surface area (Å²) in [6.45, 7) is 0. The lowest BCUT2D eigenvalue weighted by atomic mass is 10.1. The molecule has 0 aromatic carbocycles. The highest BCUT2D eigenvalue weighted by Gasteiger charge is 2.00. The van der Waals surface area contributed by atoms with Crippen LogP contribution in [0.15, 0.2) is 30.2 Å². The Morgan fingerprint density at radius 3 is 2.86 bits per heavy atom. The van der Waals surface area contributed by atoms with Crippen molar-refractivity contribution in [2.24, 2.45) is 0 Å². The second-order valence-electron chi connectivity index (χ2n) is 3.04. The Kier molecular flexibility index (Phi) is 2.74. The molecule has 0 unspecified atom stereocenters. The molecule has 2 N–H and O–H groups in total. The number of rotatable bonds is 3. The van der Waals surface area contributed by atoms with Gasteiger partial charge >= 0.3 is 0 Å². The van der Waals surface area contributed by atoms with E-state index in [0.717, 1.165) is 24.1 Å². The van der Waals surface area contributed by atoms with Crippen LogP contribution in [0.1, 0.15) is 10.4 Å². The largest absolute Gasteiger partial charge is 0.398 e. The van der Waals surface area contributed by atoms with Crippen molar-refractivity contribution in [3.8, 4) is 0 Å². The van der Waals surface area contributed by atoms with Crippen molar-refractivity contribution >= 4 is 17.0 Å². The number of nitrogens with zero attached hydrogens (tertiary/aromatic N) is 2. The van der Waals surface area contributed by atoms with Crippen molar-refractivity contribution in [2.75, 3.05) is 5.73 Å². The Bertz CT molecular complexity index is 398. The highest BCUT2D eigenvalue weighted by molar-refractivity contribution is 7.09. The van der Waals surface area contributed by atoms with Gasteiger partial charge in [-0.25, -0.2) is 0 Å². The number of pyridine rings is 1. The minimum absolute atomic E-state index is 0.824. The predicted molar refractivity (Wildman–Crippen MR) is 58.2 cm³/mol. The summed E-state index contributed by atoms with van der Waals surface area (Å²) in [4.78, 5) is 9.37. The fourth-order valence-electron chi connectivity index (χ4n) is 1.27. The lowest BCUT2D eigenvalue weighted by Crippen LogP contribution is -1.96. The summed E-state index contributed by atoms with van der Waals surface area (Å²) in [5.74, 6) is 0. The number of aromatic nitrogens is 2. The minimum atomic E-state index is 0.824. The molecule has 14 heavy (non-hydrogen) atoms. The molecular weight excluding hydrogens is 194 g/mol. The smallest absolute Gasteiger partial charge is 0.0794 e. The molecular formula is C10H11N3S. The van der Waals surface area contributed by atoms with Gasteiger partial charge in [-0.05, 0) is 24.5 Å². The van der Waals surface area contributed by atoms with Gasteiger partial charge in [-0.15, -0.1) is 11.3 Å².